The maximum atomic E-state index is 11.0. The van der Waals surface area contributed by atoms with Gasteiger partial charge in [0.05, 0.1) is 18.3 Å². The number of rotatable bonds is 7. The summed E-state index contributed by atoms with van der Waals surface area (Å²) in [5.74, 6) is 0.273. The van der Waals surface area contributed by atoms with Crippen molar-refractivity contribution < 1.29 is 19.7 Å². The first-order valence-corrected chi connectivity index (χ1v) is 9.91. The molecule has 1 fully saturated rings. The Balaban J connectivity index is 1.67. The summed E-state index contributed by atoms with van der Waals surface area (Å²) in [6, 6.07) is 13.3. The van der Waals surface area contributed by atoms with Gasteiger partial charge in [0, 0.05) is 18.7 Å². The van der Waals surface area contributed by atoms with Gasteiger partial charge in [-0.2, -0.15) is 0 Å². The van der Waals surface area contributed by atoms with Crippen LogP contribution in [-0.4, -0.2) is 40.3 Å². The molecule has 0 aromatic heterocycles. The van der Waals surface area contributed by atoms with Gasteiger partial charge in [-0.25, -0.2) is 4.79 Å². The van der Waals surface area contributed by atoms with Crippen LogP contribution in [0.2, 0.25) is 0 Å². The van der Waals surface area contributed by atoms with E-state index in [1.54, 1.807) is 12.1 Å². The van der Waals surface area contributed by atoms with E-state index in [0.717, 1.165) is 43.8 Å². The van der Waals surface area contributed by atoms with E-state index in [4.69, 9.17) is 9.84 Å². The number of hydrogen-bond donors (Lipinski definition) is 2. The van der Waals surface area contributed by atoms with Gasteiger partial charge >= 0.3 is 5.97 Å². The van der Waals surface area contributed by atoms with Gasteiger partial charge < -0.3 is 14.9 Å². The highest BCUT2D eigenvalue weighted by atomic mass is 16.5. The molecular weight excluding hydrogens is 354 g/mol. The lowest BCUT2D eigenvalue weighted by Gasteiger charge is -2.33. The Morgan fingerprint density at radius 1 is 1.21 bits per heavy atom. The molecule has 1 heterocycles. The SMILES string of the molecule is CC(C)Oc1ccc(CN2CCC[C@H](c3ccc(C(=O)O)cc3)C2)cc1CO. The van der Waals surface area contributed by atoms with Crippen LogP contribution in [0.4, 0.5) is 0 Å². The van der Waals surface area contributed by atoms with Crippen molar-refractivity contribution >= 4 is 5.97 Å². The van der Waals surface area contributed by atoms with Crippen LogP contribution in [0.15, 0.2) is 42.5 Å². The van der Waals surface area contributed by atoms with Crippen LogP contribution in [0.25, 0.3) is 0 Å². The molecule has 2 aromatic rings. The predicted molar refractivity (Wildman–Crippen MR) is 109 cm³/mol. The molecule has 5 nitrogen and oxygen atoms in total. The highest BCUT2D eigenvalue weighted by Gasteiger charge is 2.22. The Hall–Kier alpha value is -2.37. The fraction of sp³-hybridized carbons (Fsp3) is 0.435. The molecule has 0 bridgehead atoms. The fourth-order valence-corrected chi connectivity index (χ4v) is 3.85. The van der Waals surface area contributed by atoms with Gasteiger partial charge in [-0.15, -0.1) is 0 Å². The van der Waals surface area contributed by atoms with Crippen molar-refractivity contribution in [3.05, 3.63) is 64.7 Å². The molecule has 2 N–H and O–H groups in total. The Morgan fingerprint density at radius 2 is 1.96 bits per heavy atom. The summed E-state index contributed by atoms with van der Waals surface area (Å²) in [6.45, 7) is 6.75. The summed E-state index contributed by atoms with van der Waals surface area (Å²) < 4.78 is 5.77. The second kappa shape index (κ2) is 9.22. The quantitative estimate of drug-likeness (QED) is 0.755. The Morgan fingerprint density at radius 3 is 2.61 bits per heavy atom. The summed E-state index contributed by atoms with van der Waals surface area (Å²) in [6.07, 6.45) is 2.31. The Bertz CT molecular complexity index is 801. The highest BCUT2D eigenvalue weighted by molar-refractivity contribution is 5.87. The molecule has 1 atom stereocenters. The van der Waals surface area contributed by atoms with Crippen molar-refractivity contribution in [3.63, 3.8) is 0 Å². The van der Waals surface area contributed by atoms with Crippen LogP contribution < -0.4 is 4.74 Å². The van der Waals surface area contributed by atoms with Crippen LogP contribution in [0.3, 0.4) is 0 Å². The topological polar surface area (TPSA) is 70.0 Å². The van der Waals surface area contributed by atoms with Crippen molar-refractivity contribution in [2.45, 2.75) is 51.9 Å². The van der Waals surface area contributed by atoms with E-state index in [2.05, 4.69) is 11.0 Å². The molecule has 150 valence electrons. The van der Waals surface area contributed by atoms with Gasteiger partial charge in [0.15, 0.2) is 0 Å². The minimum Gasteiger partial charge on any atom is -0.491 e. The molecular formula is C23H29NO4. The molecule has 5 heteroatoms. The summed E-state index contributed by atoms with van der Waals surface area (Å²) >= 11 is 0. The number of hydrogen-bond acceptors (Lipinski definition) is 4. The van der Waals surface area contributed by atoms with Crippen molar-refractivity contribution in [1.82, 2.24) is 4.90 Å². The summed E-state index contributed by atoms with van der Waals surface area (Å²) in [5, 5.41) is 18.7. The summed E-state index contributed by atoms with van der Waals surface area (Å²) in [7, 11) is 0. The Labute approximate surface area is 166 Å². The van der Waals surface area contributed by atoms with Gasteiger partial charge in [0.2, 0.25) is 0 Å². The number of carboxylic acids is 1. The van der Waals surface area contributed by atoms with E-state index < -0.39 is 5.97 Å². The van der Waals surface area contributed by atoms with Gasteiger partial charge in [0.1, 0.15) is 5.75 Å². The average molecular weight is 383 g/mol. The van der Waals surface area contributed by atoms with Crippen molar-refractivity contribution in [2.75, 3.05) is 13.1 Å². The number of nitrogens with zero attached hydrogens (tertiary/aromatic N) is 1. The van der Waals surface area contributed by atoms with Gasteiger partial charge in [-0.05, 0) is 74.5 Å². The minimum atomic E-state index is -0.888. The number of aromatic carboxylic acids is 1. The van der Waals surface area contributed by atoms with Gasteiger partial charge in [-0.1, -0.05) is 18.2 Å². The molecule has 0 aliphatic carbocycles. The number of aliphatic hydroxyl groups is 1. The third kappa shape index (κ3) is 5.12. The maximum absolute atomic E-state index is 11.0. The van der Waals surface area contributed by atoms with E-state index >= 15 is 0 Å². The molecule has 28 heavy (non-hydrogen) atoms. The zero-order valence-corrected chi connectivity index (χ0v) is 16.6. The summed E-state index contributed by atoms with van der Waals surface area (Å²) in [5.41, 5.74) is 3.52. The van der Waals surface area contributed by atoms with Crippen molar-refractivity contribution in [1.29, 1.82) is 0 Å². The Kier molecular flexibility index (Phi) is 6.70. The number of carbonyl (C=O) groups is 1. The first-order valence-electron chi connectivity index (χ1n) is 9.91. The van der Waals surface area contributed by atoms with Gasteiger partial charge in [0.25, 0.3) is 0 Å². The van der Waals surface area contributed by atoms with Gasteiger partial charge in [-0.3, -0.25) is 4.90 Å². The largest absolute Gasteiger partial charge is 0.491 e. The van der Waals surface area contributed by atoms with E-state index in [1.165, 1.54) is 11.1 Å². The molecule has 0 spiro atoms. The standard InChI is InChI=1S/C23H29NO4/c1-16(2)28-22-10-5-17(12-21(22)15-25)13-24-11-3-4-20(14-24)18-6-8-19(9-7-18)23(26)27/h5-10,12,16,20,25H,3-4,11,13-15H2,1-2H3,(H,26,27)/t20-/m0/s1. The van der Waals surface area contributed by atoms with Crippen molar-refractivity contribution in [2.24, 2.45) is 0 Å². The maximum Gasteiger partial charge on any atom is 0.335 e. The number of aliphatic hydroxyl groups excluding tert-OH is 1. The molecule has 0 unspecified atom stereocenters. The number of carboxylic acid groups (broad SMARTS) is 1. The smallest absolute Gasteiger partial charge is 0.335 e. The van der Waals surface area contributed by atoms with E-state index in [9.17, 15) is 9.90 Å². The molecule has 0 saturated carbocycles. The molecule has 1 saturated heterocycles. The zero-order valence-electron chi connectivity index (χ0n) is 16.6. The molecule has 0 amide bonds. The number of likely N-dealkylation sites (tertiary alicyclic amines) is 1. The lowest BCUT2D eigenvalue weighted by molar-refractivity contribution is 0.0697. The average Bonchev–Trinajstić information content (AvgIpc) is 2.69. The zero-order chi connectivity index (χ0) is 20.1. The number of benzene rings is 2. The first kappa shape index (κ1) is 20.4. The lowest BCUT2D eigenvalue weighted by Crippen LogP contribution is -2.33. The van der Waals surface area contributed by atoms with Crippen LogP contribution in [0.5, 0.6) is 5.75 Å². The van der Waals surface area contributed by atoms with E-state index in [-0.39, 0.29) is 12.7 Å². The first-order chi connectivity index (χ1) is 13.5. The monoisotopic (exact) mass is 383 g/mol. The van der Waals surface area contributed by atoms with Crippen LogP contribution in [-0.2, 0) is 13.2 Å². The summed E-state index contributed by atoms with van der Waals surface area (Å²) in [4.78, 5) is 13.5. The predicted octanol–water partition coefficient (Wildman–Crippen LogP) is 4.04. The van der Waals surface area contributed by atoms with E-state index in [0.29, 0.717) is 11.5 Å². The fourth-order valence-electron chi connectivity index (χ4n) is 3.85. The highest BCUT2D eigenvalue weighted by Crippen LogP contribution is 2.29. The number of ether oxygens (including phenoxy) is 1. The second-order valence-corrected chi connectivity index (χ2v) is 7.77. The molecule has 0 radical (unpaired) electrons. The molecule has 3 rings (SSSR count). The minimum absolute atomic E-state index is 0.0333. The van der Waals surface area contributed by atoms with Crippen LogP contribution in [0.1, 0.15) is 59.7 Å². The lowest BCUT2D eigenvalue weighted by atomic mass is 9.90. The van der Waals surface area contributed by atoms with Crippen LogP contribution in [0, 0.1) is 0 Å². The third-order valence-corrected chi connectivity index (χ3v) is 5.20. The second-order valence-electron chi connectivity index (χ2n) is 7.77. The van der Waals surface area contributed by atoms with Crippen LogP contribution >= 0.6 is 0 Å². The molecule has 2 aromatic carbocycles. The number of piperidine rings is 1. The molecule has 1 aliphatic heterocycles. The molecule has 1 aliphatic rings. The van der Waals surface area contributed by atoms with Crippen molar-refractivity contribution in [3.8, 4) is 5.75 Å². The normalized spacial score (nSPS) is 17.6. The third-order valence-electron chi connectivity index (χ3n) is 5.20. The van der Waals surface area contributed by atoms with E-state index in [1.807, 2.05) is 38.1 Å².